The topological polar surface area (TPSA) is 62.4 Å². The zero-order valence-corrected chi connectivity index (χ0v) is 14.9. The van der Waals surface area contributed by atoms with Gasteiger partial charge < -0.3 is 10.1 Å². The summed E-state index contributed by atoms with van der Waals surface area (Å²) in [6.45, 7) is 5.70. The molecule has 25 heavy (non-hydrogen) atoms. The van der Waals surface area contributed by atoms with Gasteiger partial charge in [-0.1, -0.05) is 36.4 Å². The molecule has 5 nitrogen and oxygen atoms in total. The molecule has 0 bridgehead atoms. The fourth-order valence-corrected chi connectivity index (χ4v) is 3.16. The summed E-state index contributed by atoms with van der Waals surface area (Å²) in [5, 5.41) is 3.11. The standard InChI is InChI=1S/C20H25N3O2/c1-20(2,16-7-5-4-6-8-16)23-19(24)14-9-10-17(18(11-14)25-3)15-12-21-22-13-15/h4-11,15,21-22H,12-13H2,1-3H3,(H,23,24). The predicted octanol–water partition coefficient (Wildman–Crippen LogP) is 2.55. The molecule has 1 aliphatic heterocycles. The van der Waals surface area contributed by atoms with E-state index in [0.29, 0.717) is 11.5 Å². The molecule has 1 heterocycles. The molecule has 0 aromatic heterocycles. The number of benzene rings is 2. The van der Waals surface area contributed by atoms with E-state index in [4.69, 9.17) is 4.74 Å². The fourth-order valence-electron chi connectivity index (χ4n) is 3.16. The van der Waals surface area contributed by atoms with Gasteiger partial charge in [0.2, 0.25) is 0 Å². The van der Waals surface area contributed by atoms with Crippen molar-refractivity contribution in [3.05, 3.63) is 65.2 Å². The van der Waals surface area contributed by atoms with E-state index in [-0.39, 0.29) is 5.91 Å². The normalized spacial score (nSPS) is 15.2. The van der Waals surface area contributed by atoms with Gasteiger partial charge in [-0.05, 0) is 37.1 Å². The highest BCUT2D eigenvalue weighted by Crippen LogP contribution is 2.29. The molecule has 3 N–H and O–H groups in total. The van der Waals surface area contributed by atoms with Gasteiger partial charge in [0.05, 0.1) is 12.6 Å². The number of methoxy groups -OCH3 is 1. The highest BCUT2D eigenvalue weighted by Gasteiger charge is 2.25. The summed E-state index contributed by atoms with van der Waals surface area (Å²) in [5.41, 5.74) is 8.57. The van der Waals surface area contributed by atoms with Crippen LogP contribution in [0.1, 0.15) is 41.3 Å². The Labute approximate surface area is 148 Å². The number of hydrazine groups is 1. The molecular weight excluding hydrogens is 314 g/mol. The van der Waals surface area contributed by atoms with E-state index < -0.39 is 5.54 Å². The van der Waals surface area contributed by atoms with Crippen molar-refractivity contribution < 1.29 is 9.53 Å². The molecule has 0 radical (unpaired) electrons. The van der Waals surface area contributed by atoms with Crippen LogP contribution in [0, 0.1) is 0 Å². The van der Waals surface area contributed by atoms with Crippen molar-refractivity contribution in [1.29, 1.82) is 0 Å². The van der Waals surface area contributed by atoms with Crippen molar-refractivity contribution in [3.8, 4) is 5.75 Å². The Morgan fingerprint density at radius 3 is 2.44 bits per heavy atom. The van der Waals surface area contributed by atoms with Crippen LogP contribution in [0.25, 0.3) is 0 Å². The van der Waals surface area contributed by atoms with Crippen LogP contribution in [0.15, 0.2) is 48.5 Å². The number of rotatable bonds is 5. The molecule has 2 aromatic rings. The molecule has 1 saturated heterocycles. The Bertz CT molecular complexity index is 738. The first-order chi connectivity index (χ1) is 12.0. The Kier molecular flexibility index (Phi) is 5.06. The first-order valence-electron chi connectivity index (χ1n) is 8.53. The summed E-state index contributed by atoms with van der Waals surface area (Å²) >= 11 is 0. The fraction of sp³-hybridized carbons (Fsp3) is 0.350. The first kappa shape index (κ1) is 17.5. The van der Waals surface area contributed by atoms with Crippen LogP contribution in [0.5, 0.6) is 5.75 Å². The van der Waals surface area contributed by atoms with Gasteiger partial charge in [0.25, 0.3) is 5.91 Å². The van der Waals surface area contributed by atoms with Crippen LogP contribution >= 0.6 is 0 Å². The van der Waals surface area contributed by atoms with E-state index in [2.05, 4.69) is 16.2 Å². The van der Waals surface area contributed by atoms with E-state index >= 15 is 0 Å². The predicted molar refractivity (Wildman–Crippen MR) is 98.7 cm³/mol. The maximum atomic E-state index is 12.7. The van der Waals surface area contributed by atoms with Crippen LogP contribution < -0.4 is 20.9 Å². The molecule has 0 saturated carbocycles. The van der Waals surface area contributed by atoms with Crippen molar-refractivity contribution in [2.45, 2.75) is 25.3 Å². The summed E-state index contributed by atoms with van der Waals surface area (Å²) in [4.78, 5) is 12.7. The van der Waals surface area contributed by atoms with Crippen molar-refractivity contribution in [1.82, 2.24) is 16.2 Å². The van der Waals surface area contributed by atoms with Gasteiger partial charge in [-0.2, -0.15) is 0 Å². The number of carbonyl (C=O) groups excluding carboxylic acids is 1. The van der Waals surface area contributed by atoms with E-state index in [9.17, 15) is 4.79 Å². The lowest BCUT2D eigenvalue weighted by Crippen LogP contribution is -2.41. The largest absolute Gasteiger partial charge is 0.496 e. The van der Waals surface area contributed by atoms with Gasteiger partial charge in [-0.25, -0.2) is 0 Å². The average Bonchev–Trinajstić information content (AvgIpc) is 3.16. The van der Waals surface area contributed by atoms with Crippen LogP contribution in [0.3, 0.4) is 0 Å². The van der Waals surface area contributed by atoms with Crippen molar-refractivity contribution in [2.75, 3.05) is 20.2 Å². The van der Waals surface area contributed by atoms with Crippen molar-refractivity contribution >= 4 is 5.91 Å². The van der Waals surface area contributed by atoms with Gasteiger partial charge in [0, 0.05) is 24.6 Å². The van der Waals surface area contributed by atoms with E-state index in [1.54, 1.807) is 7.11 Å². The van der Waals surface area contributed by atoms with Gasteiger partial charge in [-0.3, -0.25) is 15.6 Å². The third-order valence-electron chi connectivity index (χ3n) is 4.68. The molecule has 0 aliphatic carbocycles. The smallest absolute Gasteiger partial charge is 0.252 e. The Balaban J connectivity index is 1.80. The van der Waals surface area contributed by atoms with Gasteiger partial charge in [0.1, 0.15) is 5.75 Å². The molecule has 5 heteroatoms. The molecule has 0 atom stereocenters. The minimum absolute atomic E-state index is 0.110. The first-order valence-corrected chi connectivity index (χ1v) is 8.53. The minimum Gasteiger partial charge on any atom is -0.496 e. The third kappa shape index (κ3) is 3.83. The maximum absolute atomic E-state index is 12.7. The summed E-state index contributed by atoms with van der Waals surface area (Å²) in [6, 6.07) is 15.6. The van der Waals surface area contributed by atoms with E-state index in [0.717, 1.165) is 30.0 Å². The van der Waals surface area contributed by atoms with Gasteiger partial charge >= 0.3 is 0 Å². The Morgan fingerprint density at radius 1 is 1.12 bits per heavy atom. The molecule has 0 spiro atoms. The molecule has 2 aromatic carbocycles. The lowest BCUT2D eigenvalue weighted by atomic mass is 9.93. The second-order valence-electron chi connectivity index (χ2n) is 6.86. The van der Waals surface area contributed by atoms with Crippen LogP contribution in [-0.4, -0.2) is 26.1 Å². The summed E-state index contributed by atoms with van der Waals surface area (Å²) in [6.07, 6.45) is 0. The average molecular weight is 339 g/mol. The minimum atomic E-state index is -0.455. The van der Waals surface area contributed by atoms with Gasteiger partial charge in [0.15, 0.2) is 0 Å². The number of ether oxygens (including phenoxy) is 1. The number of hydrogen-bond donors (Lipinski definition) is 3. The number of hydrogen-bond acceptors (Lipinski definition) is 4. The Hall–Kier alpha value is -2.37. The van der Waals surface area contributed by atoms with Crippen LogP contribution in [0.4, 0.5) is 0 Å². The molecule has 0 unspecified atom stereocenters. The lowest BCUT2D eigenvalue weighted by Gasteiger charge is -2.27. The molecule has 1 aliphatic rings. The number of amides is 1. The van der Waals surface area contributed by atoms with E-state index in [1.165, 1.54) is 0 Å². The molecule has 132 valence electrons. The zero-order valence-electron chi connectivity index (χ0n) is 14.9. The zero-order chi connectivity index (χ0) is 17.9. The second-order valence-corrected chi connectivity index (χ2v) is 6.86. The SMILES string of the molecule is COc1cc(C(=O)NC(C)(C)c2ccccc2)ccc1C1CNNC1. The molecule has 1 fully saturated rings. The summed E-state index contributed by atoms with van der Waals surface area (Å²) < 4.78 is 5.53. The Morgan fingerprint density at radius 2 is 1.80 bits per heavy atom. The monoisotopic (exact) mass is 339 g/mol. The maximum Gasteiger partial charge on any atom is 0.252 e. The molecule has 3 rings (SSSR count). The van der Waals surface area contributed by atoms with Crippen molar-refractivity contribution in [2.24, 2.45) is 0 Å². The summed E-state index contributed by atoms with van der Waals surface area (Å²) in [7, 11) is 1.64. The van der Waals surface area contributed by atoms with E-state index in [1.807, 2.05) is 62.4 Å². The van der Waals surface area contributed by atoms with Crippen LogP contribution in [0.2, 0.25) is 0 Å². The second kappa shape index (κ2) is 7.25. The highest BCUT2D eigenvalue weighted by atomic mass is 16.5. The third-order valence-corrected chi connectivity index (χ3v) is 4.68. The molecular formula is C20H25N3O2. The number of carbonyl (C=O) groups is 1. The number of nitrogens with one attached hydrogen (secondary N) is 3. The summed E-state index contributed by atoms with van der Waals surface area (Å²) in [5.74, 6) is 0.981. The highest BCUT2D eigenvalue weighted by molar-refractivity contribution is 5.95. The lowest BCUT2D eigenvalue weighted by molar-refractivity contribution is 0.0911. The van der Waals surface area contributed by atoms with Crippen LogP contribution in [-0.2, 0) is 5.54 Å². The molecule has 1 amide bonds. The van der Waals surface area contributed by atoms with Crippen molar-refractivity contribution in [3.63, 3.8) is 0 Å². The van der Waals surface area contributed by atoms with Gasteiger partial charge in [-0.15, -0.1) is 0 Å². The quantitative estimate of drug-likeness (QED) is 0.783.